The lowest BCUT2D eigenvalue weighted by molar-refractivity contribution is -0.118. The number of methoxy groups -OCH3 is 1. The number of carbonyl (C=O) groups is 1. The zero-order chi connectivity index (χ0) is 18.4. The van der Waals surface area contributed by atoms with E-state index in [1.807, 2.05) is 39.0 Å². The Bertz CT molecular complexity index is 789. The van der Waals surface area contributed by atoms with Crippen LogP contribution in [-0.2, 0) is 9.53 Å². The van der Waals surface area contributed by atoms with Gasteiger partial charge < -0.3 is 10.1 Å². The zero-order valence-corrected chi connectivity index (χ0v) is 15.9. The van der Waals surface area contributed by atoms with Crippen molar-refractivity contribution in [1.29, 1.82) is 0 Å². The minimum Gasteiger partial charge on any atom is -0.383 e. The van der Waals surface area contributed by atoms with Crippen molar-refractivity contribution >= 4 is 28.6 Å². The number of rotatable bonds is 8. The molecule has 2 rings (SSSR count). The normalized spacial score (nSPS) is 12.5. The van der Waals surface area contributed by atoms with Crippen molar-refractivity contribution in [3.05, 3.63) is 34.6 Å². The number of amides is 1. The van der Waals surface area contributed by atoms with Gasteiger partial charge in [0.1, 0.15) is 0 Å². The molecule has 25 heavy (non-hydrogen) atoms. The second-order valence-corrected chi connectivity index (χ2v) is 7.32. The van der Waals surface area contributed by atoms with Gasteiger partial charge in [-0.25, -0.2) is 4.98 Å². The molecule has 1 heterocycles. The highest BCUT2D eigenvalue weighted by atomic mass is 32.2. The Morgan fingerprint density at radius 2 is 2.04 bits per heavy atom. The maximum Gasteiger partial charge on any atom is 0.262 e. The fourth-order valence-corrected chi connectivity index (χ4v) is 3.36. The van der Waals surface area contributed by atoms with Crippen LogP contribution in [0.5, 0.6) is 0 Å². The summed E-state index contributed by atoms with van der Waals surface area (Å²) in [6.45, 7) is 7.03. The summed E-state index contributed by atoms with van der Waals surface area (Å²) >= 11 is 1.27. The Hall–Kier alpha value is -1.86. The SMILES string of the molecule is COC[C@@H](C)n1c(SCC(=O)NCC(C)C)nc2ccccc2c1=O. The fraction of sp³-hybridized carbons (Fsp3) is 0.500. The maximum absolute atomic E-state index is 12.9. The van der Waals surface area contributed by atoms with Crippen LogP contribution in [-0.4, -0.2) is 41.5 Å². The van der Waals surface area contributed by atoms with Crippen molar-refractivity contribution in [2.24, 2.45) is 5.92 Å². The molecule has 0 unspecified atom stereocenters. The van der Waals surface area contributed by atoms with Gasteiger partial charge in [-0.2, -0.15) is 0 Å². The number of hydrogen-bond donors (Lipinski definition) is 1. The number of hydrogen-bond acceptors (Lipinski definition) is 5. The number of aromatic nitrogens is 2. The Morgan fingerprint density at radius 1 is 1.32 bits per heavy atom. The average Bonchev–Trinajstić information content (AvgIpc) is 2.58. The monoisotopic (exact) mass is 363 g/mol. The summed E-state index contributed by atoms with van der Waals surface area (Å²) < 4.78 is 6.81. The Balaban J connectivity index is 2.31. The third kappa shape index (κ3) is 5.06. The lowest BCUT2D eigenvalue weighted by atomic mass is 10.2. The molecule has 6 nitrogen and oxygen atoms in total. The van der Waals surface area contributed by atoms with Crippen LogP contribution in [0.15, 0.2) is 34.2 Å². The summed E-state index contributed by atoms with van der Waals surface area (Å²) in [4.78, 5) is 29.5. The number of carbonyl (C=O) groups excluding carboxylic acids is 1. The summed E-state index contributed by atoms with van der Waals surface area (Å²) in [5, 5.41) is 3.98. The van der Waals surface area contributed by atoms with Crippen molar-refractivity contribution in [1.82, 2.24) is 14.9 Å². The van der Waals surface area contributed by atoms with Gasteiger partial charge in [0.05, 0.1) is 29.3 Å². The van der Waals surface area contributed by atoms with E-state index in [0.29, 0.717) is 35.1 Å². The third-order valence-corrected chi connectivity index (χ3v) is 4.62. The van der Waals surface area contributed by atoms with Gasteiger partial charge in [0.15, 0.2) is 5.16 Å². The van der Waals surface area contributed by atoms with Gasteiger partial charge in [-0.05, 0) is 25.0 Å². The quantitative estimate of drug-likeness (QED) is 0.576. The molecule has 0 aliphatic carbocycles. The number of para-hydroxylation sites is 1. The van der Waals surface area contributed by atoms with Gasteiger partial charge in [-0.1, -0.05) is 37.7 Å². The van der Waals surface area contributed by atoms with E-state index in [0.717, 1.165) is 0 Å². The van der Waals surface area contributed by atoms with E-state index >= 15 is 0 Å². The van der Waals surface area contributed by atoms with E-state index in [-0.39, 0.29) is 23.3 Å². The molecule has 0 radical (unpaired) electrons. The molecule has 136 valence electrons. The van der Waals surface area contributed by atoms with Gasteiger partial charge in [-0.15, -0.1) is 0 Å². The van der Waals surface area contributed by atoms with Crippen molar-refractivity contribution in [3.8, 4) is 0 Å². The third-order valence-electron chi connectivity index (χ3n) is 3.66. The van der Waals surface area contributed by atoms with Gasteiger partial charge in [0.2, 0.25) is 5.91 Å². The summed E-state index contributed by atoms with van der Waals surface area (Å²) in [7, 11) is 1.60. The highest BCUT2D eigenvalue weighted by molar-refractivity contribution is 7.99. The van der Waals surface area contributed by atoms with Gasteiger partial charge in [0, 0.05) is 13.7 Å². The Morgan fingerprint density at radius 3 is 2.72 bits per heavy atom. The minimum atomic E-state index is -0.171. The number of nitrogens with zero attached hydrogens (tertiary/aromatic N) is 2. The van der Waals surface area contributed by atoms with Crippen LogP contribution in [0.1, 0.15) is 26.8 Å². The zero-order valence-electron chi connectivity index (χ0n) is 15.1. The molecule has 0 fully saturated rings. The molecular weight excluding hydrogens is 338 g/mol. The molecule has 2 aromatic rings. The van der Waals surface area contributed by atoms with E-state index in [9.17, 15) is 9.59 Å². The maximum atomic E-state index is 12.9. The van der Waals surface area contributed by atoms with Crippen LogP contribution in [0.2, 0.25) is 0 Å². The second kappa shape index (κ2) is 9.01. The Labute approximate surface area is 152 Å². The number of nitrogens with one attached hydrogen (secondary N) is 1. The molecule has 0 spiro atoms. The van der Waals surface area contributed by atoms with Gasteiger partial charge >= 0.3 is 0 Å². The summed E-state index contributed by atoms with van der Waals surface area (Å²) in [6.07, 6.45) is 0. The molecule has 0 aliphatic heterocycles. The molecule has 0 saturated carbocycles. The first-order valence-electron chi connectivity index (χ1n) is 8.33. The van der Waals surface area contributed by atoms with Crippen molar-refractivity contribution in [3.63, 3.8) is 0 Å². The van der Waals surface area contributed by atoms with Crippen LogP contribution in [0, 0.1) is 5.92 Å². The molecule has 0 saturated heterocycles. The summed E-state index contributed by atoms with van der Waals surface area (Å²) in [5.41, 5.74) is 0.527. The van der Waals surface area contributed by atoms with Crippen molar-refractivity contribution in [2.75, 3.05) is 26.0 Å². The van der Waals surface area contributed by atoms with Crippen molar-refractivity contribution in [2.45, 2.75) is 32.0 Å². The minimum absolute atomic E-state index is 0.0629. The van der Waals surface area contributed by atoms with Crippen molar-refractivity contribution < 1.29 is 9.53 Å². The molecule has 0 bridgehead atoms. The predicted molar refractivity (Wildman–Crippen MR) is 101 cm³/mol. The first-order chi connectivity index (χ1) is 11.9. The highest BCUT2D eigenvalue weighted by Gasteiger charge is 2.17. The molecule has 7 heteroatoms. The van der Waals surface area contributed by atoms with Crippen LogP contribution >= 0.6 is 11.8 Å². The van der Waals surface area contributed by atoms with Crippen LogP contribution in [0.3, 0.4) is 0 Å². The lowest BCUT2D eigenvalue weighted by Gasteiger charge is -2.18. The molecule has 1 atom stereocenters. The van der Waals surface area contributed by atoms with E-state index < -0.39 is 0 Å². The molecule has 1 amide bonds. The second-order valence-electron chi connectivity index (χ2n) is 6.38. The average molecular weight is 363 g/mol. The number of benzene rings is 1. The lowest BCUT2D eigenvalue weighted by Crippen LogP contribution is -2.31. The number of fused-ring (bicyclic) bond motifs is 1. The molecule has 1 aromatic carbocycles. The predicted octanol–water partition coefficient (Wildman–Crippen LogP) is 2.47. The van der Waals surface area contributed by atoms with E-state index in [1.54, 1.807) is 17.7 Å². The molecule has 1 N–H and O–H groups in total. The highest BCUT2D eigenvalue weighted by Crippen LogP contribution is 2.21. The molecule has 0 aliphatic rings. The number of ether oxygens (including phenoxy) is 1. The Kier molecular flexibility index (Phi) is 7.01. The summed E-state index contributed by atoms with van der Waals surface area (Å²) in [6, 6.07) is 7.08. The topological polar surface area (TPSA) is 73.2 Å². The van der Waals surface area contributed by atoms with Crippen LogP contribution < -0.4 is 10.9 Å². The largest absolute Gasteiger partial charge is 0.383 e. The first kappa shape index (κ1) is 19.5. The molecular formula is C18H25N3O3S. The van der Waals surface area contributed by atoms with Gasteiger partial charge in [0.25, 0.3) is 5.56 Å². The standard InChI is InChI=1S/C18H25N3O3S/c1-12(2)9-19-16(22)11-25-18-20-15-8-6-5-7-14(15)17(23)21(18)13(3)10-24-4/h5-8,12-13H,9-11H2,1-4H3,(H,19,22)/t13-/m1/s1. The fourth-order valence-electron chi connectivity index (χ4n) is 2.43. The van der Waals surface area contributed by atoms with E-state index in [4.69, 9.17) is 4.74 Å². The van der Waals surface area contributed by atoms with Crippen LogP contribution in [0.4, 0.5) is 0 Å². The molecule has 1 aromatic heterocycles. The van der Waals surface area contributed by atoms with E-state index in [2.05, 4.69) is 10.3 Å². The summed E-state index contributed by atoms with van der Waals surface area (Å²) in [5.74, 6) is 0.553. The smallest absolute Gasteiger partial charge is 0.262 e. The van der Waals surface area contributed by atoms with Crippen LogP contribution in [0.25, 0.3) is 10.9 Å². The van der Waals surface area contributed by atoms with E-state index in [1.165, 1.54) is 11.8 Å². The first-order valence-corrected chi connectivity index (χ1v) is 9.32. The van der Waals surface area contributed by atoms with Gasteiger partial charge in [-0.3, -0.25) is 14.2 Å². The number of thioether (sulfide) groups is 1.